The number of aromatic hydroxyl groups is 5. The number of carbonyl (C=O) groups excluding carboxylic acids is 1. The van der Waals surface area contributed by atoms with Gasteiger partial charge >= 0.3 is 16.1 Å². The first kappa shape index (κ1) is 26.6. The average molecular weight is 526 g/mol. The van der Waals surface area contributed by atoms with E-state index >= 15 is 0 Å². The zero-order chi connectivity index (χ0) is 26.9. The topological polar surface area (TPSA) is 264 Å². The lowest BCUT2D eigenvalue weighted by atomic mass is 10.1. The molecule has 0 aliphatic carbocycles. The van der Waals surface area contributed by atoms with Crippen molar-refractivity contribution in [3.8, 4) is 45.8 Å². The van der Waals surface area contributed by atoms with Gasteiger partial charge in [-0.05, 0) is 31.5 Å². The Morgan fingerprint density at radius 1 is 1.00 bits per heavy atom. The van der Waals surface area contributed by atoms with Crippen LogP contribution in [0.15, 0.2) is 32.3 Å². The number of benzene rings is 2. The van der Waals surface area contributed by atoms with E-state index in [9.17, 15) is 48.1 Å². The molecule has 3 aromatic rings. The van der Waals surface area contributed by atoms with Crippen LogP contribution in [0.5, 0.6) is 34.5 Å². The SMILES string of the molecule is NCCCC[C@H](N)C(=O)Oc1c(-c2cc(O)c(O)c(O)c2)oc2c(S(=O)(=O)O)c(O)cc(O)c2c1=O. The van der Waals surface area contributed by atoms with Crippen molar-refractivity contribution in [2.45, 2.75) is 30.2 Å². The van der Waals surface area contributed by atoms with E-state index < -0.39 is 89.2 Å². The number of hydrogen-bond acceptors (Lipinski definition) is 13. The van der Waals surface area contributed by atoms with E-state index in [1.807, 2.05) is 0 Å². The lowest BCUT2D eigenvalue weighted by molar-refractivity contribution is -0.136. The van der Waals surface area contributed by atoms with Crippen LogP contribution in [-0.4, -0.2) is 57.1 Å². The van der Waals surface area contributed by atoms with Gasteiger partial charge in [-0.25, -0.2) is 4.79 Å². The summed E-state index contributed by atoms with van der Waals surface area (Å²) in [6.45, 7) is 0.343. The molecular formula is C21H22N2O12S. The minimum Gasteiger partial charge on any atom is -0.507 e. The Labute approximate surface area is 202 Å². The summed E-state index contributed by atoms with van der Waals surface area (Å²) in [5, 5.41) is 48.8. The molecule has 1 heterocycles. The Kier molecular flexibility index (Phi) is 7.30. The summed E-state index contributed by atoms with van der Waals surface area (Å²) in [6.07, 6.45) is 1.12. The van der Waals surface area contributed by atoms with Crippen LogP contribution in [0.2, 0.25) is 0 Å². The molecular weight excluding hydrogens is 504 g/mol. The Morgan fingerprint density at radius 3 is 2.17 bits per heavy atom. The van der Waals surface area contributed by atoms with Crippen molar-refractivity contribution in [1.82, 2.24) is 0 Å². The van der Waals surface area contributed by atoms with Gasteiger partial charge in [0, 0.05) is 11.6 Å². The monoisotopic (exact) mass is 526 g/mol. The molecule has 0 amide bonds. The summed E-state index contributed by atoms with van der Waals surface area (Å²) in [7, 11) is -5.25. The largest absolute Gasteiger partial charge is 0.507 e. The molecule has 0 unspecified atom stereocenters. The second-order valence-corrected chi connectivity index (χ2v) is 9.05. The highest BCUT2D eigenvalue weighted by Crippen LogP contribution is 2.44. The molecule has 0 bridgehead atoms. The summed E-state index contributed by atoms with van der Waals surface area (Å²) in [5.41, 5.74) is 8.43. The quantitative estimate of drug-likeness (QED) is 0.0864. The van der Waals surface area contributed by atoms with Crippen LogP contribution in [0.1, 0.15) is 19.3 Å². The molecule has 2 aromatic carbocycles. The van der Waals surface area contributed by atoms with Crippen LogP contribution >= 0.6 is 0 Å². The maximum absolute atomic E-state index is 13.3. The summed E-state index contributed by atoms with van der Waals surface area (Å²) in [6, 6.07) is 0.758. The van der Waals surface area contributed by atoms with E-state index in [1.165, 1.54) is 0 Å². The van der Waals surface area contributed by atoms with Crippen molar-refractivity contribution >= 4 is 27.1 Å². The zero-order valence-corrected chi connectivity index (χ0v) is 19.2. The molecule has 0 aliphatic rings. The molecule has 1 atom stereocenters. The molecule has 0 radical (unpaired) electrons. The smallest absolute Gasteiger partial charge is 0.328 e. The lowest BCUT2D eigenvalue weighted by Crippen LogP contribution is -2.35. The van der Waals surface area contributed by atoms with Gasteiger partial charge in [-0.15, -0.1) is 0 Å². The fourth-order valence-corrected chi connectivity index (χ4v) is 4.07. The number of nitrogens with two attached hydrogens (primary N) is 2. The van der Waals surface area contributed by atoms with Crippen LogP contribution in [0, 0.1) is 0 Å². The third-order valence-corrected chi connectivity index (χ3v) is 6.01. The van der Waals surface area contributed by atoms with E-state index in [-0.39, 0.29) is 6.42 Å². The standard InChI is InChI=1S/C21H22N2O12S/c22-4-2-1-3-9(23)21(30)35-19-16(29)14-10(24)7-13(27)20(36(31,32)33)18(14)34-17(19)8-5-11(25)15(28)12(26)6-8/h5-7,9,24-28H,1-4,22-23H2,(H,31,32,33)/t9-/m0/s1. The van der Waals surface area contributed by atoms with Gasteiger partial charge in [0.2, 0.25) is 11.2 Å². The van der Waals surface area contributed by atoms with E-state index in [0.29, 0.717) is 25.5 Å². The molecule has 10 N–H and O–H groups in total. The van der Waals surface area contributed by atoms with Gasteiger partial charge in [0.25, 0.3) is 0 Å². The highest BCUT2D eigenvalue weighted by Gasteiger charge is 2.31. The molecule has 14 nitrogen and oxygen atoms in total. The highest BCUT2D eigenvalue weighted by atomic mass is 32.2. The minimum absolute atomic E-state index is 0.122. The normalized spacial score (nSPS) is 12.5. The number of fused-ring (bicyclic) bond motifs is 1. The van der Waals surface area contributed by atoms with Gasteiger partial charge < -0.3 is 46.2 Å². The zero-order valence-electron chi connectivity index (χ0n) is 18.3. The Morgan fingerprint density at radius 2 is 1.61 bits per heavy atom. The third-order valence-electron chi connectivity index (χ3n) is 5.10. The van der Waals surface area contributed by atoms with Crippen LogP contribution in [0.25, 0.3) is 22.3 Å². The van der Waals surface area contributed by atoms with Crippen molar-refractivity contribution in [2.24, 2.45) is 11.5 Å². The van der Waals surface area contributed by atoms with Crippen molar-refractivity contribution in [3.05, 3.63) is 28.4 Å². The minimum atomic E-state index is -5.25. The second kappa shape index (κ2) is 9.90. The van der Waals surface area contributed by atoms with Crippen molar-refractivity contribution in [3.63, 3.8) is 0 Å². The first-order valence-corrected chi connectivity index (χ1v) is 11.7. The molecule has 15 heteroatoms. The predicted octanol–water partition coefficient (Wildman–Crippen LogP) is 0.596. The first-order chi connectivity index (χ1) is 16.8. The van der Waals surface area contributed by atoms with Crippen LogP contribution in [-0.2, 0) is 14.9 Å². The number of hydrogen-bond donors (Lipinski definition) is 8. The van der Waals surface area contributed by atoms with Gasteiger partial charge in [0.05, 0.1) is 0 Å². The van der Waals surface area contributed by atoms with Gasteiger partial charge in [-0.2, -0.15) is 8.42 Å². The second-order valence-electron chi connectivity index (χ2n) is 7.69. The number of esters is 1. The molecule has 0 aliphatic heterocycles. The van der Waals surface area contributed by atoms with E-state index in [0.717, 1.165) is 12.1 Å². The van der Waals surface area contributed by atoms with E-state index in [1.54, 1.807) is 0 Å². The number of unbranched alkanes of at least 4 members (excludes halogenated alkanes) is 1. The lowest BCUT2D eigenvalue weighted by Gasteiger charge is -2.15. The maximum atomic E-state index is 13.3. The number of carbonyl (C=O) groups is 1. The number of rotatable bonds is 8. The van der Waals surface area contributed by atoms with Crippen molar-refractivity contribution < 1.29 is 52.5 Å². The summed E-state index contributed by atoms with van der Waals surface area (Å²) in [5.74, 6) is -7.77. The van der Waals surface area contributed by atoms with E-state index in [4.69, 9.17) is 20.6 Å². The Bertz CT molecular complexity index is 1490. The highest BCUT2D eigenvalue weighted by molar-refractivity contribution is 7.86. The average Bonchev–Trinajstić information content (AvgIpc) is 2.77. The van der Waals surface area contributed by atoms with Crippen LogP contribution in [0.4, 0.5) is 0 Å². The van der Waals surface area contributed by atoms with Crippen LogP contribution in [0.3, 0.4) is 0 Å². The summed E-state index contributed by atoms with van der Waals surface area (Å²) < 4.78 is 43.9. The predicted molar refractivity (Wildman–Crippen MR) is 123 cm³/mol. The van der Waals surface area contributed by atoms with E-state index in [2.05, 4.69) is 0 Å². The molecule has 0 saturated heterocycles. The first-order valence-electron chi connectivity index (χ1n) is 10.2. The fourth-order valence-electron chi connectivity index (χ4n) is 3.37. The number of ether oxygens (including phenoxy) is 1. The number of phenols is 5. The molecule has 3 rings (SSSR count). The molecule has 1 aromatic heterocycles. The van der Waals surface area contributed by atoms with Gasteiger partial charge in [-0.1, -0.05) is 6.42 Å². The molecule has 0 spiro atoms. The van der Waals surface area contributed by atoms with Gasteiger partial charge in [0.1, 0.15) is 22.9 Å². The molecule has 0 fully saturated rings. The molecule has 0 saturated carbocycles. The Balaban J connectivity index is 2.36. The van der Waals surface area contributed by atoms with Crippen LogP contribution < -0.4 is 21.6 Å². The molecule has 194 valence electrons. The van der Waals surface area contributed by atoms with Crippen molar-refractivity contribution in [1.29, 1.82) is 0 Å². The summed E-state index contributed by atoms with van der Waals surface area (Å²) in [4.78, 5) is 24.6. The van der Waals surface area contributed by atoms with Gasteiger partial charge in [0.15, 0.2) is 33.5 Å². The maximum Gasteiger partial charge on any atom is 0.328 e. The molecule has 36 heavy (non-hydrogen) atoms. The van der Waals surface area contributed by atoms with Gasteiger partial charge in [-0.3, -0.25) is 9.35 Å². The van der Waals surface area contributed by atoms with Crippen molar-refractivity contribution in [2.75, 3.05) is 6.54 Å². The Hall–Kier alpha value is -4.05. The summed E-state index contributed by atoms with van der Waals surface area (Å²) >= 11 is 0. The number of phenolic OH excluding ortho intramolecular Hbond substituents is 5. The third kappa shape index (κ3) is 4.99. The fraction of sp³-hybridized carbons (Fsp3) is 0.238.